The van der Waals surface area contributed by atoms with E-state index in [4.69, 9.17) is 4.74 Å². The van der Waals surface area contributed by atoms with Crippen LogP contribution >= 0.6 is 0 Å². The Balaban J connectivity index is 2.29. The van der Waals surface area contributed by atoms with Gasteiger partial charge in [-0.2, -0.15) is 0 Å². The number of hydrogen-bond donors (Lipinski definition) is 0. The second kappa shape index (κ2) is 2.42. The lowest BCUT2D eigenvalue weighted by atomic mass is 10.3. The molecule has 0 saturated heterocycles. The molecular weight excluding hydrogens is 140 g/mol. The zero-order valence-electron chi connectivity index (χ0n) is 6.45. The summed E-state index contributed by atoms with van der Waals surface area (Å²) >= 11 is 0. The fourth-order valence-corrected chi connectivity index (χ4v) is 1.31. The first-order valence-corrected chi connectivity index (χ1v) is 3.66. The van der Waals surface area contributed by atoms with Gasteiger partial charge < -0.3 is 4.74 Å². The SMILES string of the molecule is COC1=CC=CC2=NCCN12. The standard InChI is InChI=1S/C8H10N2O/c1-11-8-4-2-3-7-9-5-6-10(7)8/h2-4H,5-6H2,1H3. The Morgan fingerprint density at radius 3 is 3.36 bits per heavy atom. The van der Waals surface area contributed by atoms with Crippen molar-refractivity contribution in [3.05, 3.63) is 24.1 Å². The summed E-state index contributed by atoms with van der Waals surface area (Å²) in [7, 11) is 1.68. The van der Waals surface area contributed by atoms with E-state index in [2.05, 4.69) is 9.89 Å². The normalized spacial score (nSPS) is 21.0. The molecule has 0 aromatic carbocycles. The number of ether oxygens (including phenoxy) is 1. The van der Waals surface area contributed by atoms with Crippen molar-refractivity contribution in [2.45, 2.75) is 0 Å². The van der Waals surface area contributed by atoms with Crippen molar-refractivity contribution in [2.24, 2.45) is 4.99 Å². The predicted octanol–water partition coefficient (Wildman–Crippen LogP) is 0.758. The van der Waals surface area contributed by atoms with Crippen molar-refractivity contribution in [3.8, 4) is 0 Å². The van der Waals surface area contributed by atoms with Gasteiger partial charge in [0.05, 0.1) is 13.7 Å². The summed E-state index contributed by atoms with van der Waals surface area (Å²) in [4.78, 5) is 6.36. The van der Waals surface area contributed by atoms with Crippen molar-refractivity contribution < 1.29 is 4.74 Å². The first-order chi connectivity index (χ1) is 5.42. The first-order valence-electron chi connectivity index (χ1n) is 3.66. The van der Waals surface area contributed by atoms with Gasteiger partial charge in [-0.1, -0.05) is 6.08 Å². The second-order valence-electron chi connectivity index (χ2n) is 2.46. The molecular formula is C8H10N2O. The largest absolute Gasteiger partial charge is 0.482 e. The zero-order valence-corrected chi connectivity index (χ0v) is 6.45. The van der Waals surface area contributed by atoms with E-state index < -0.39 is 0 Å². The van der Waals surface area contributed by atoms with Gasteiger partial charge in [0.15, 0.2) is 5.88 Å². The number of nitrogens with zero attached hydrogens (tertiary/aromatic N) is 2. The average Bonchev–Trinajstić information content (AvgIpc) is 2.50. The maximum absolute atomic E-state index is 5.16. The molecule has 0 amide bonds. The van der Waals surface area contributed by atoms with E-state index in [1.54, 1.807) is 7.11 Å². The van der Waals surface area contributed by atoms with Crippen LogP contribution in [0.5, 0.6) is 0 Å². The van der Waals surface area contributed by atoms with Gasteiger partial charge in [-0.05, 0) is 12.2 Å². The summed E-state index contributed by atoms with van der Waals surface area (Å²) in [6, 6.07) is 0. The van der Waals surface area contributed by atoms with Crippen molar-refractivity contribution in [1.82, 2.24) is 4.90 Å². The van der Waals surface area contributed by atoms with Crippen molar-refractivity contribution in [1.29, 1.82) is 0 Å². The molecule has 0 unspecified atom stereocenters. The van der Waals surface area contributed by atoms with E-state index >= 15 is 0 Å². The second-order valence-corrected chi connectivity index (χ2v) is 2.46. The molecule has 0 radical (unpaired) electrons. The van der Waals surface area contributed by atoms with Gasteiger partial charge in [0.25, 0.3) is 0 Å². The number of hydrogen-bond acceptors (Lipinski definition) is 3. The number of amidine groups is 1. The summed E-state index contributed by atoms with van der Waals surface area (Å²) in [5, 5.41) is 0. The van der Waals surface area contributed by atoms with E-state index in [9.17, 15) is 0 Å². The third-order valence-corrected chi connectivity index (χ3v) is 1.83. The highest BCUT2D eigenvalue weighted by Gasteiger charge is 2.20. The Morgan fingerprint density at radius 2 is 2.55 bits per heavy atom. The molecule has 11 heavy (non-hydrogen) atoms. The summed E-state index contributed by atoms with van der Waals surface area (Å²) in [6.45, 7) is 1.82. The molecule has 0 aromatic rings. The van der Waals surface area contributed by atoms with Crippen LogP contribution in [-0.4, -0.2) is 30.9 Å². The maximum Gasteiger partial charge on any atom is 0.194 e. The van der Waals surface area contributed by atoms with Crippen molar-refractivity contribution in [3.63, 3.8) is 0 Å². The third-order valence-electron chi connectivity index (χ3n) is 1.83. The van der Waals surface area contributed by atoms with Gasteiger partial charge in [-0.25, -0.2) is 0 Å². The van der Waals surface area contributed by atoms with Crippen LogP contribution in [-0.2, 0) is 4.74 Å². The molecule has 3 nitrogen and oxygen atoms in total. The van der Waals surface area contributed by atoms with Crippen molar-refractivity contribution >= 4 is 5.84 Å². The lowest BCUT2D eigenvalue weighted by Crippen LogP contribution is -2.28. The van der Waals surface area contributed by atoms with Crippen LogP contribution in [0.15, 0.2) is 29.1 Å². The number of methoxy groups -OCH3 is 1. The van der Waals surface area contributed by atoms with E-state index in [1.165, 1.54) is 0 Å². The monoisotopic (exact) mass is 150 g/mol. The van der Waals surface area contributed by atoms with E-state index in [0.29, 0.717) is 0 Å². The highest BCUT2D eigenvalue weighted by Crippen LogP contribution is 2.15. The number of aliphatic imine (C=N–C) groups is 1. The molecule has 2 heterocycles. The Labute approximate surface area is 65.7 Å². The minimum Gasteiger partial charge on any atom is -0.482 e. The average molecular weight is 150 g/mol. The molecule has 0 bridgehead atoms. The van der Waals surface area contributed by atoms with E-state index in [1.807, 2.05) is 18.2 Å². The fraction of sp³-hybridized carbons (Fsp3) is 0.375. The zero-order chi connectivity index (χ0) is 7.68. The molecule has 0 atom stereocenters. The highest BCUT2D eigenvalue weighted by molar-refractivity contribution is 5.96. The third kappa shape index (κ3) is 0.926. The molecule has 0 aliphatic carbocycles. The first kappa shape index (κ1) is 6.46. The van der Waals surface area contributed by atoms with Gasteiger partial charge in [0.1, 0.15) is 5.84 Å². The Hall–Kier alpha value is -1.25. The molecule has 3 heteroatoms. The lowest BCUT2D eigenvalue weighted by molar-refractivity contribution is 0.209. The summed E-state index contributed by atoms with van der Waals surface area (Å²) in [5.41, 5.74) is 0. The predicted molar refractivity (Wildman–Crippen MR) is 43.2 cm³/mol. The fourth-order valence-electron chi connectivity index (χ4n) is 1.31. The molecule has 0 saturated carbocycles. The van der Waals surface area contributed by atoms with Crippen LogP contribution in [0.1, 0.15) is 0 Å². The molecule has 58 valence electrons. The molecule has 0 aromatic heterocycles. The number of allylic oxidation sites excluding steroid dienone is 2. The van der Waals surface area contributed by atoms with E-state index in [-0.39, 0.29) is 0 Å². The minimum atomic E-state index is 0.875. The Kier molecular flexibility index (Phi) is 1.42. The van der Waals surface area contributed by atoms with Gasteiger partial charge >= 0.3 is 0 Å². The quantitative estimate of drug-likeness (QED) is 0.551. The van der Waals surface area contributed by atoms with Gasteiger partial charge in [-0.15, -0.1) is 0 Å². The Morgan fingerprint density at radius 1 is 1.64 bits per heavy atom. The number of fused-ring (bicyclic) bond motifs is 1. The molecule has 2 rings (SSSR count). The molecule has 0 spiro atoms. The summed E-state index contributed by atoms with van der Waals surface area (Å²) in [6.07, 6.45) is 5.90. The van der Waals surface area contributed by atoms with E-state index in [0.717, 1.165) is 24.8 Å². The van der Waals surface area contributed by atoms with Gasteiger partial charge in [0, 0.05) is 6.54 Å². The number of rotatable bonds is 1. The topological polar surface area (TPSA) is 24.8 Å². The van der Waals surface area contributed by atoms with Gasteiger partial charge in [-0.3, -0.25) is 9.89 Å². The lowest BCUT2D eigenvalue weighted by Gasteiger charge is -2.22. The molecule has 0 N–H and O–H groups in total. The highest BCUT2D eigenvalue weighted by atomic mass is 16.5. The van der Waals surface area contributed by atoms with Crippen LogP contribution in [0.4, 0.5) is 0 Å². The van der Waals surface area contributed by atoms with Crippen LogP contribution < -0.4 is 0 Å². The minimum absolute atomic E-state index is 0.875. The van der Waals surface area contributed by atoms with Crippen LogP contribution in [0, 0.1) is 0 Å². The maximum atomic E-state index is 5.16. The molecule has 2 aliphatic heterocycles. The summed E-state index contributed by atoms with van der Waals surface area (Å²) < 4.78 is 5.16. The van der Waals surface area contributed by atoms with Gasteiger partial charge in [0.2, 0.25) is 0 Å². The van der Waals surface area contributed by atoms with Crippen LogP contribution in [0.2, 0.25) is 0 Å². The van der Waals surface area contributed by atoms with Crippen LogP contribution in [0.3, 0.4) is 0 Å². The van der Waals surface area contributed by atoms with Crippen molar-refractivity contribution in [2.75, 3.05) is 20.2 Å². The summed E-state index contributed by atoms with van der Waals surface area (Å²) in [5.74, 6) is 1.91. The van der Waals surface area contributed by atoms with Crippen LogP contribution in [0.25, 0.3) is 0 Å². The smallest absolute Gasteiger partial charge is 0.194 e. The molecule has 2 aliphatic rings. The molecule has 0 fully saturated rings. The Bertz CT molecular complexity index is 253.